The van der Waals surface area contributed by atoms with Gasteiger partial charge in [-0.2, -0.15) is 0 Å². The first-order chi connectivity index (χ1) is 9.37. The van der Waals surface area contributed by atoms with E-state index in [1.807, 2.05) is 6.92 Å². The monoisotopic (exact) mass is 311 g/mol. The molecule has 1 heterocycles. The lowest BCUT2D eigenvalue weighted by atomic mass is 10.2. The maximum absolute atomic E-state index is 12.2. The van der Waals surface area contributed by atoms with Gasteiger partial charge in [0.2, 0.25) is 0 Å². The molecule has 0 saturated carbocycles. The number of carbonyl (C=O) groups is 1. The Morgan fingerprint density at radius 3 is 2.45 bits per heavy atom. The van der Waals surface area contributed by atoms with Crippen LogP contribution in [0.15, 0.2) is 34.5 Å². The summed E-state index contributed by atoms with van der Waals surface area (Å²) in [5.41, 5.74) is 1.10. The number of benzene rings is 1. The minimum atomic E-state index is -3.45. The van der Waals surface area contributed by atoms with Crippen molar-refractivity contribution in [2.75, 3.05) is 0 Å². The smallest absolute Gasteiger partial charge is 0.307 e. The number of aliphatic carboxylic acids is 1. The number of hydrogen-bond donors (Lipinski definition) is 1. The molecule has 2 rings (SSSR count). The summed E-state index contributed by atoms with van der Waals surface area (Å²) < 4.78 is 24.4. The molecule has 1 aromatic carbocycles. The van der Waals surface area contributed by atoms with Crippen LogP contribution in [0.25, 0.3) is 0 Å². The second kappa shape index (κ2) is 5.72. The summed E-state index contributed by atoms with van der Waals surface area (Å²) >= 11 is 1.41. The van der Waals surface area contributed by atoms with Gasteiger partial charge in [0.1, 0.15) is 0 Å². The van der Waals surface area contributed by atoms with Gasteiger partial charge >= 0.3 is 5.97 Å². The van der Waals surface area contributed by atoms with Crippen molar-refractivity contribution in [3.05, 3.63) is 45.9 Å². The number of thiazole rings is 1. The van der Waals surface area contributed by atoms with Crippen LogP contribution < -0.4 is 0 Å². The molecule has 0 aliphatic rings. The SMILES string of the molecule is Cc1nc(CS(=O)(=O)c2ccc(CC(=O)O)cc2)cs1. The fourth-order valence-corrected chi connectivity index (χ4v) is 3.71. The molecule has 20 heavy (non-hydrogen) atoms. The maximum Gasteiger partial charge on any atom is 0.307 e. The Balaban J connectivity index is 2.19. The van der Waals surface area contributed by atoms with Crippen molar-refractivity contribution >= 4 is 27.1 Å². The Labute approximate surface area is 120 Å². The highest BCUT2D eigenvalue weighted by Crippen LogP contribution is 2.18. The molecule has 1 aromatic heterocycles. The van der Waals surface area contributed by atoms with E-state index in [-0.39, 0.29) is 17.1 Å². The van der Waals surface area contributed by atoms with E-state index in [9.17, 15) is 13.2 Å². The van der Waals surface area contributed by atoms with E-state index in [4.69, 9.17) is 5.11 Å². The number of hydrogen-bond acceptors (Lipinski definition) is 5. The first kappa shape index (κ1) is 14.7. The highest BCUT2D eigenvalue weighted by Gasteiger charge is 2.17. The van der Waals surface area contributed by atoms with E-state index >= 15 is 0 Å². The van der Waals surface area contributed by atoms with Gasteiger partial charge in [0.15, 0.2) is 9.84 Å². The molecule has 0 radical (unpaired) electrons. The molecule has 7 heteroatoms. The van der Waals surface area contributed by atoms with Crippen molar-refractivity contribution in [3.8, 4) is 0 Å². The lowest BCUT2D eigenvalue weighted by molar-refractivity contribution is -0.136. The fourth-order valence-electron chi connectivity index (χ4n) is 1.74. The molecule has 106 valence electrons. The van der Waals surface area contributed by atoms with Crippen molar-refractivity contribution in [1.82, 2.24) is 4.98 Å². The van der Waals surface area contributed by atoms with Crippen LogP contribution in [-0.2, 0) is 26.8 Å². The molecule has 1 N–H and O–H groups in total. The zero-order valence-corrected chi connectivity index (χ0v) is 12.4. The number of rotatable bonds is 5. The molecular weight excluding hydrogens is 298 g/mol. The van der Waals surface area contributed by atoms with Crippen molar-refractivity contribution in [2.24, 2.45) is 0 Å². The highest BCUT2D eigenvalue weighted by molar-refractivity contribution is 7.90. The third-order valence-corrected chi connectivity index (χ3v) is 5.13. The van der Waals surface area contributed by atoms with Gasteiger partial charge in [0, 0.05) is 5.38 Å². The van der Waals surface area contributed by atoms with Crippen LogP contribution in [0.2, 0.25) is 0 Å². The Morgan fingerprint density at radius 2 is 1.95 bits per heavy atom. The molecule has 0 bridgehead atoms. The minimum absolute atomic E-state index is 0.119. The summed E-state index contributed by atoms with van der Waals surface area (Å²) in [6, 6.07) is 5.92. The number of nitrogens with zero attached hydrogens (tertiary/aromatic N) is 1. The largest absolute Gasteiger partial charge is 0.481 e. The van der Waals surface area contributed by atoms with Crippen LogP contribution in [0.4, 0.5) is 0 Å². The molecule has 0 fully saturated rings. The average molecular weight is 311 g/mol. The summed E-state index contributed by atoms with van der Waals surface area (Å²) in [7, 11) is -3.45. The maximum atomic E-state index is 12.2. The average Bonchev–Trinajstić information content (AvgIpc) is 2.74. The zero-order chi connectivity index (χ0) is 14.8. The first-order valence-corrected chi connectivity index (χ1v) is 8.34. The van der Waals surface area contributed by atoms with Gasteiger partial charge in [0.05, 0.1) is 27.8 Å². The quantitative estimate of drug-likeness (QED) is 0.913. The van der Waals surface area contributed by atoms with Crippen LogP contribution in [0, 0.1) is 6.92 Å². The molecular formula is C13H13NO4S2. The summed E-state index contributed by atoms with van der Waals surface area (Å²) in [4.78, 5) is 14.9. The van der Waals surface area contributed by atoms with E-state index < -0.39 is 15.8 Å². The first-order valence-electron chi connectivity index (χ1n) is 5.81. The van der Waals surface area contributed by atoms with Crippen LogP contribution >= 0.6 is 11.3 Å². The second-order valence-corrected chi connectivity index (χ2v) is 7.38. The zero-order valence-electron chi connectivity index (χ0n) is 10.7. The van der Waals surface area contributed by atoms with Crippen LogP contribution in [0.3, 0.4) is 0 Å². The van der Waals surface area contributed by atoms with Crippen molar-refractivity contribution in [1.29, 1.82) is 0 Å². The van der Waals surface area contributed by atoms with E-state index in [0.717, 1.165) is 5.01 Å². The van der Waals surface area contributed by atoms with Gasteiger partial charge in [0.25, 0.3) is 0 Å². The number of aromatic nitrogens is 1. The third kappa shape index (κ3) is 3.64. The Morgan fingerprint density at radius 1 is 1.30 bits per heavy atom. The lowest BCUT2D eigenvalue weighted by Crippen LogP contribution is -2.06. The Kier molecular flexibility index (Phi) is 4.20. The molecule has 2 aromatic rings. The van der Waals surface area contributed by atoms with Crippen molar-refractivity contribution in [2.45, 2.75) is 24.0 Å². The van der Waals surface area contributed by atoms with E-state index in [2.05, 4.69) is 4.98 Å². The second-order valence-electron chi connectivity index (χ2n) is 4.33. The van der Waals surface area contributed by atoms with Gasteiger partial charge in [-0.1, -0.05) is 12.1 Å². The molecule has 5 nitrogen and oxygen atoms in total. The number of carboxylic acid groups (broad SMARTS) is 1. The Bertz CT molecular complexity index is 717. The molecule has 0 amide bonds. The Hall–Kier alpha value is -1.73. The topological polar surface area (TPSA) is 84.3 Å². The number of sulfone groups is 1. The third-order valence-electron chi connectivity index (χ3n) is 2.64. The molecule has 0 aliphatic heterocycles. The molecule has 0 unspecified atom stereocenters. The molecule has 0 atom stereocenters. The van der Waals surface area contributed by atoms with Crippen LogP contribution in [-0.4, -0.2) is 24.5 Å². The highest BCUT2D eigenvalue weighted by atomic mass is 32.2. The summed E-state index contributed by atoms with van der Waals surface area (Å²) in [6.07, 6.45) is -0.119. The molecule has 0 saturated heterocycles. The molecule has 0 spiro atoms. The van der Waals surface area contributed by atoms with E-state index in [0.29, 0.717) is 11.3 Å². The predicted molar refractivity (Wildman–Crippen MR) is 75.5 cm³/mol. The van der Waals surface area contributed by atoms with Gasteiger partial charge in [-0.3, -0.25) is 4.79 Å². The number of aryl methyl sites for hydroxylation is 1. The number of carboxylic acids is 1. The van der Waals surface area contributed by atoms with Gasteiger partial charge in [-0.05, 0) is 24.6 Å². The van der Waals surface area contributed by atoms with Crippen molar-refractivity contribution < 1.29 is 18.3 Å². The van der Waals surface area contributed by atoms with Gasteiger partial charge in [-0.25, -0.2) is 13.4 Å². The van der Waals surface area contributed by atoms with E-state index in [1.165, 1.54) is 35.6 Å². The summed E-state index contributed by atoms with van der Waals surface area (Å²) in [5, 5.41) is 11.2. The van der Waals surface area contributed by atoms with Gasteiger partial charge < -0.3 is 5.11 Å². The summed E-state index contributed by atoms with van der Waals surface area (Å²) in [6.45, 7) is 1.82. The van der Waals surface area contributed by atoms with Crippen molar-refractivity contribution in [3.63, 3.8) is 0 Å². The summed E-state index contributed by atoms with van der Waals surface area (Å²) in [5.74, 6) is -1.09. The standard InChI is InChI=1S/C13H13NO4S2/c1-9-14-11(7-19-9)8-20(17,18)12-4-2-10(3-5-12)6-13(15)16/h2-5,7H,6,8H2,1H3,(H,15,16). The van der Waals surface area contributed by atoms with Crippen LogP contribution in [0.5, 0.6) is 0 Å². The van der Waals surface area contributed by atoms with E-state index in [1.54, 1.807) is 5.38 Å². The fraction of sp³-hybridized carbons (Fsp3) is 0.231. The minimum Gasteiger partial charge on any atom is -0.481 e. The lowest BCUT2D eigenvalue weighted by Gasteiger charge is -2.04. The molecule has 0 aliphatic carbocycles. The normalized spacial score (nSPS) is 11.4. The van der Waals surface area contributed by atoms with Crippen LogP contribution in [0.1, 0.15) is 16.3 Å². The van der Waals surface area contributed by atoms with Gasteiger partial charge in [-0.15, -0.1) is 11.3 Å². The predicted octanol–water partition coefficient (Wildman–Crippen LogP) is 2.05.